The summed E-state index contributed by atoms with van der Waals surface area (Å²) in [5, 5.41) is 14.5. The first-order chi connectivity index (χ1) is 11.1. The van der Waals surface area contributed by atoms with Crippen LogP contribution < -0.4 is 11.1 Å². The number of carbonyl (C=O) groups is 1. The maximum absolute atomic E-state index is 12.6. The van der Waals surface area contributed by atoms with E-state index >= 15 is 0 Å². The van der Waals surface area contributed by atoms with Crippen molar-refractivity contribution in [3.63, 3.8) is 0 Å². The van der Waals surface area contributed by atoms with Gasteiger partial charge in [0.25, 0.3) is 11.6 Å². The number of likely N-dealkylation sites (tertiary alicyclic amines) is 1. The number of nitrogens with zero attached hydrogens (tertiary/aromatic N) is 2. The lowest BCUT2D eigenvalue weighted by molar-refractivity contribution is -0.383. The fraction of sp³-hybridized carbons (Fsp3) is 0.562. The molecule has 1 aromatic carbocycles. The number of nitrogen functional groups attached to an aromatic ring is 1. The van der Waals surface area contributed by atoms with Gasteiger partial charge in [0.2, 0.25) is 0 Å². The number of nitro groups is 1. The van der Waals surface area contributed by atoms with Gasteiger partial charge in [-0.15, -0.1) is 0 Å². The molecule has 1 saturated heterocycles. The molecule has 0 unspecified atom stereocenters. The van der Waals surface area contributed by atoms with Gasteiger partial charge in [0, 0.05) is 25.2 Å². The molecule has 1 aromatic rings. The van der Waals surface area contributed by atoms with Crippen LogP contribution in [0.1, 0.15) is 36.0 Å². The summed E-state index contributed by atoms with van der Waals surface area (Å²) in [7, 11) is 0. The minimum atomic E-state index is -0.555. The molecule has 1 amide bonds. The Bertz CT molecular complexity index is 607. The number of nitro benzene ring substituents is 1. The van der Waals surface area contributed by atoms with Crippen LogP contribution in [0.2, 0.25) is 0 Å². The molecule has 1 aliphatic heterocycles. The zero-order chi connectivity index (χ0) is 16.4. The van der Waals surface area contributed by atoms with E-state index in [0.29, 0.717) is 19.1 Å². The summed E-state index contributed by atoms with van der Waals surface area (Å²) in [5.74, 6) is 0.631. The predicted octanol–water partition coefficient (Wildman–Crippen LogP) is 1.78. The van der Waals surface area contributed by atoms with E-state index < -0.39 is 4.92 Å². The molecular formula is C16H22N4O3. The lowest BCUT2D eigenvalue weighted by Gasteiger charge is -2.32. The highest BCUT2D eigenvalue weighted by Crippen LogP contribution is 2.29. The van der Waals surface area contributed by atoms with Crippen molar-refractivity contribution in [2.75, 3.05) is 25.4 Å². The number of para-hydroxylation sites is 1. The normalized spacial score (nSPS) is 18.9. The first kappa shape index (κ1) is 15.7. The van der Waals surface area contributed by atoms with Crippen LogP contribution in [-0.2, 0) is 0 Å². The molecule has 0 aromatic heterocycles. The molecule has 0 atom stereocenters. The first-order valence-electron chi connectivity index (χ1n) is 8.12. The van der Waals surface area contributed by atoms with Gasteiger partial charge in [-0.1, -0.05) is 6.07 Å². The Morgan fingerprint density at radius 3 is 2.61 bits per heavy atom. The topological polar surface area (TPSA) is 102 Å². The van der Waals surface area contributed by atoms with Crippen molar-refractivity contribution in [2.24, 2.45) is 5.92 Å². The number of hydrogen-bond donors (Lipinski definition) is 2. The summed E-state index contributed by atoms with van der Waals surface area (Å²) in [6.07, 6.45) is 4.48. The smallest absolute Gasteiger partial charge is 0.292 e. The molecule has 0 spiro atoms. The van der Waals surface area contributed by atoms with Crippen LogP contribution in [0.4, 0.5) is 11.4 Å². The van der Waals surface area contributed by atoms with Crippen LogP contribution in [-0.4, -0.2) is 41.4 Å². The van der Waals surface area contributed by atoms with Crippen molar-refractivity contribution in [3.8, 4) is 0 Å². The number of benzene rings is 1. The summed E-state index contributed by atoms with van der Waals surface area (Å²) in [5.41, 5.74) is 5.77. The summed E-state index contributed by atoms with van der Waals surface area (Å²) < 4.78 is 0. The van der Waals surface area contributed by atoms with E-state index in [-0.39, 0.29) is 22.8 Å². The second-order valence-corrected chi connectivity index (χ2v) is 6.41. The lowest BCUT2D eigenvalue weighted by Crippen LogP contribution is -2.45. The Morgan fingerprint density at radius 2 is 2.00 bits per heavy atom. The molecular weight excluding hydrogens is 296 g/mol. The standard InChI is InChI=1S/C16H22N4O3/c17-15-13(2-1-3-14(15)20(22)23)16(21)19-8-6-12(7-9-19)18-10-11-4-5-11/h1-3,11-12,18H,4-10,17H2. The summed E-state index contributed by atoms with van der Waals surface area (Å²) >= 11 is 0. The fourth-order valence-electron chi connectivity index (χ4n) is 3.01. The summed E-state index contributed by atoms with van der Waals surface area (Å²) in [4.78, 5) is 24.7. The monoisotopic (exact) mass is 318 g/mol. The molecule has 23 heavy (non-hydrogen) atoms. The van der Waals surface area contributed by atoms with Gasteiger partial charge < -0.3 is 16.0 Å². The van der Waals surface area contributed by atoms with Gasteiger partial charge >= 0.3 is 0 Å². The van der Waals surface area contributed by atoms with E-state index in [1.807, 2.05) is 0 Å². The van der Waals surface area contributed by atoms with Crippen LogP contribution in [0.3, 0.4) is 0 Å². The third kappa shape index (κ3) is 3.61. The Kier molecular flexibility index (Phi) is 4.47. The van der Waals surface area contributed by atoms with Gasteiger partial charge in [-0.3, -0.25) is 14.9 Å². The zero-order valence-electron chi connectivity index (χ0n) is 13.0. The summed E-state index contributed by atoms with van der Waals surface area (Å²) in [6, 6.07) is 4.84. The van der Waals surface area contributed by atoms with Crippen LogP contribution in [0.15, 0.2) is 18.2 Å². The maximum atomic E-state index is 12.6. The van der Waals surface area contributed by atoms with E-state index in [4.69, 9.17) is 5.73 Å². The Labute approximate surface area is 135 Å². The number of piperidine rings is 1. The number of rotatable bonds is 5. The molecule has 1 saturated carbocycles. The van der Waals surface area contributed by atoms with Gasteiger partial charge in [0.1, 0.15) is 5.69 Å². The van der Waals surface area contributed by atoms with E-state index in [0.717, 1.165) is 25.3 Å². The van der Waals surface area contributed by atoms with Crippen LogP contribution in [0.25, 0.3) is 0 Å². The van der Waals surface area contributed by atoms with E-state index in [2.05, 4.69) is 5.32 Å². The fourth-order valence-corrected chi connectivity index (χ4v) is 3.01. The average Bonchev–Trinajstić information content (AvgIpc) is 3.37. The largest absolute Gasteiger partial charge is 0.393 e. The van der Waals surface area contributed by atoms with Crippen molar-refractivity contribution in [1.82, 2.24) is 10.2 Å². The molecule has 3 rings (SSSR count). The van der Waals surface area contributed by atoms with Gasteiger partial charge in [-0.05, 0) is 44.2 Å². The molecule has 0 bridgehead atoms. The SMILES string of the molecule is Nc1c(C(=O)N2CCC(NCC3CC3)CC2)cccc1[N+](=O)[O-]. The van der Waals surface area contributed by atoms with Crippen molar-refractivity contribution >= 4 is 17.3 Å². The van der Waals surface area contributed by atoms with Crippen LogP contribution in [0, 0.1) is 16.0 Å². The zero-order valence-corrected chi connectivity index (χ0v) is 13.0. The van der Waals surface area contributed by atoms with Crippen molar-refractivity contribution < 1.29 is 9.72 Å². The predicted molar refractivity (Wildman–Crippen MR) is 87.2 cm³/mol. The van der Waals surface area contributed by atoms with Gasteiger partial charge in [0.05, 0.1) is 10.5 Å². The van der Waals surface area contributed by atoms with Gasteiger partial charge in [-0.2, -0.15) is 0 Å². The molecule has 3 N–H and O–H groups in total. The van der Waals surface area contributed by atoms with E-state index in [1.54, 1.807) is 11.0 Å². The lowest BCUT2D eigenvalue weighted by atomic mass is 10.0. The first-order valence-corrected chi connectivity index (χ1v) is 8.12. The number of amides is 1. The summed E-state index contributed by atoms with van der Waals surface area (Å²) in [6.45, 7) is 2.39. The number of nitrogens with two attached hydrogens (primary N) is 1. The Balaban J connectivity index is 1.60. The molecule has 2 aliphatic rings. The quantitative estimate of drug-likeness (QED) is 0.489. The van der Waals surface area contributed by atoms with Crippen molar-refractivity contribution in [1.29, 1.82) is 0 Å². The highest BCUT2D eigenvalue weighted by Gasteiger charge is 2.28. The average molecular weight is 318 g/mol. The number of nitrogens with one attached hydrogen (secondary N) is 1. The molecule has 1 heterocycles. The molecule has 7 heteroatoms. The van der Waals surface area contributed by atoms with Crippen LogP contribution in [0.5, 0.6) is 0 Å². The highest BCUT2D eigenvalue weighted by atomic mass is 16.6. The van der Waals surface area contributed by atoms with E-state index in [1.165, 1.54) is 25.0 Å². The minimum absolute atomic E-state index is 0.0449. The minimum Gasteiger partial charge on any atom is -0.393 e. The van der Waals surface area contributed by atoms with Gasteiger partial charge in [0.15, 0.2) is 0 Å². The third-order valence-electron chi connectivity index (χ3n) is 4.68. The maximum Gasteiger partial charge on any atom is 0.292 e. The molecule has 0 radical (unpaired) electrons. The Morgan fingerprint density at radius 1 is 1.30 bits per heavy atom. The Hall–Kier alpha value is -2.15. The third-order valence-corrected chi connectivity index (χ3v) is 4.68. The second-order valence-electron chi connectivity index (χ2n) is 6.41. The number of carbonyl (C=O) groups excluding carboxylic acids is 1. The van der Waals surface area contributed by atoms with Crippen molar-refractivity contribution in [2.45, 2.75) is 31.7 Å². The molecule has 7 nitrogen and oxygen atoms in total. The number of hydrogen-bond acceptors (Lipinski definition) is 5. The van der Waals surface area contributed by atoms with E-state index in [9.17, 15) is 14.9 Å². The molecule has 124 valence electrons. The van der Waals surface area contributed by atoms with Crippen molar-refractivity contribution in [3.05, 3.63) is 33.9 Å². The highest BCUT2D eigenvalue weighted by molar-refractivity contribution is 6.01. The molecule has 2 fully saturated rings. The number of anilines is 1. The molecule has 1 aliphatic carbocycles. The second kappa shape index (κ2) is 6.54. The van der Waals surface area contributed by atoms with Crippen LogP contribution >= 0.6 is 0 Å². The van der Waals surface area contributed by atoms with Gasteiger partial charge in [-0.25, -0.2) is 0 Å².